The fourth-order valence-electron chi connectivity index (χ4n) is 5.31. The number of methoxy groups -OCH3 is 1. The van der Waals surface area contributed by atoms with Crippen molar-refractivity contribution in [3.05, 3.63) is 53.9 Å². The van der Waals surface area contributed by atoms with E-state index in [4.69, 9.17) is 21.7 Å². The van der Waals surface area contributed by atoms with Crippen molar-refractivity contribution in [2.75, 3.05) is 64.4 Å². The predicted octanol–water partition coefficient (Wildman–Crippen LogP) is 4.73. The fraction of sp³-hybridized carbons (Fsp3) is 0.500. The molecule has 0 unspecified atom stereocenters. The van der Waals surface area contributed by atoms with Crippen LogP contribution >= 0.6 is 24.0 Å². The molecule has 0 bridgehead atoms. The van der Waals surface area contributed by atoms with E-state index in [2.05, 4.69) is 36.8 Å². The summed E-state index contributed by atoms with van der Waals surface area (Å²) in [5.74, 6) is 3.19. The first-order valence-electron chi connectivity index (χ1n) is 14.2. The molecule has 0 saturated carbocycles. The van der Waals surface area contributed by atoms with E-state index in [1.165, 1.54) is 37.9 Å². The summed E-state index contributed by atoms with van der Waals surface area (Å²) in [4.78, 5) is 16.3. The van der Waals surface area contributed by atoms with E-state index < -0.39 is 0 Å². The third kappa shape index (κ3) is 7.34. The maximum absolute atomic E-state index is 9.24. The van der Waals surface area contributed by atoms with Gasteiger partial charge in [0.2, 0.25) is 0 Å². The topological polar surface area (TPSA) is 74.2 Å². The van der Waals surface area contributed by atoms with E-state index >= 15 is 0 Å². The molecule has 2 aliphatic rings. The monoisotopic (exact) mass is 581 g/mol. The molecule has 1 N–H and O–H groups in total. The molecule has 10 heteroatoms. The van der Waals surface area contributed by atoms with Gasteiger partial charge in [-0.05, 0) is 49.5 Å². The van der Waals surface area contributed by atoms with Gasteiger partial charge >= 0.3 is 0 Å². The second kappa shape index (κ2) is 14.3. The van der Waals surface area contributed by atoms with Gasteiger partial charge in [0.25, 0.3) is 0 Å². The Morgan fingerprint density at radius 2 is 1.70 bits per heavy atom. The zero-order valence-corrected chi connectivity index (χ0v) is 24.9. The average Bonchev–Trinajstić information content (AvgIpc) is 3.02. The molecular weight excluding hydrogens is 542 g/mol. The molecule has 1 aromatic heterocycles. The molecule has 0 amide bonds. The van der Waals surface area contributed by atoms with Crippen molar-refractivity contribution < 1.29 is 14.6 Å². The van der Waals surface area contributed by atoms with Gasteiger partial charge in [-0.25, -0.2) is 9.97 Å². The van der Waals surface area contributed by atoms with Crippen molar-refractivity contribution >= 4 is 45.0 Å². The fourth-order valence-corrected chi connectivity index (χ4v) is 6.51. The molecule has 0 aliphatic carbocycles. The number of anilines is 1. The first-order chi connectivity index (χ1) is 19.6. The van der Waals surface area contributed by atoms with Gasteiger partial charge in [0.15, 0.2) is 11.5 Å². The predicted molar refractivity (Wildman–Crippen MR) is 167 cm³/mol. The maximum Gasteiger partial charge on any atom is 0.163 e. The number of piperazine rings is 1. The lowest BCUT2D eigenvalue weighted by Gasteiger charge is -2.36. The summed E-state index contributed by atoms with van der Waals surface area (Å²) in [6, 6.07) is 12.0. The van der Waals surface area contributed by atoms with Crippen LogP contribution in [0.15, 0.2) is 42.7 Å². The van der Waals surface area contributed by atoms with E-state index in [0.717, 1.165) is 77.3 Å². The molecule has 0 spiro atoms. The Bertz CT molecular complexity index is 1260. The van der Waals surface area contributed by atoms with Crippen molar-refractivity contribution in [3.8, 4) is 11.5 Å². The third-order valence-corrected chi connectivity index (χ3v) is 9.22. The molecule has 0 atom stereocenters. The number of fused-ring (bicyclic) bond motifs is 1. The van der Waals surface area contributed by atoms with Crippen molar-refractivity contribution in [1.29, 1.82) is 0 Å². The zero-order chi connectivity index (χ0) is 27.7. The number of thiocarbonyl (C=S) groups is 1. The third-order valence-electron chi connectivity index (χ3n) is 7.63. The van der Waals surface area contributed by atoms with Gasteiger partial charge in [-0.3, -0.25) is 0 Å². The summed E-state index contributed by atoms with van der Waals surface area (Å²) in [6.45, 7) is 7.56. The first kappa shape index (κ1) is 28.9. The van der Waals surface area contributed by atoms with E-state index in [1.807, 2.05) is 24.3 Å². The molecule has 2 aliphatic heterocycles. The van der Waals surface area contributed by atoms with Crippen LogP contribution in [-0.4, -0.2) is 88.7 Å². The molecule has 0 radical (unpaired) electrons. The number of aromatic nitrogens is 2. The lowest BCUT2D eigenvalue weighted by Crippen LogP contribution is -2.48. The maximum atomic E-state index is 9.24. The molecule has 3 aromatic rings. The Kier molecular flexibility index (Phi) is 10.3. The highest BCUT2D eigenvalue weighted by Crippen LogP contribution is 2.35. The summed E-state index contributed by atoms with van der Waals surface area (Å²) < 4.78 is 12.8. The number of likely N-dealkylation sites (tertiary alicyclic amines) is 1. The van der Waals surface area contributed by atoms with Crippen LogP contribution in [0.2, 0.25) is 0 Å². The summed E-state index contributed by atoms with van der Waals surface area (Å²) in [7, 11) is 1.68. The summed E-state index contributed by atoms with van der Waals surface area (Å²) in [5.41, 5.74) is 2.99. The number of aliphatic hydroxyl groups is 1. The van der Waals surface area contributed by atoms with Crippen LogP contribution in [0.3, 0.4) is 0 Å². The van der Waals surface area contributed by atoms with Crippen LogP contribution in [0.5, 0.6) is 11.5 Å². The highest BCUT2D eigenvalue weighted by Gasteiger charge is 2.23. The van der Waals surface area contributed by atoms with Crippen LogP contribution in [0.4, 0.5) is 5.82 Å². The highest BCUT2D eigenvalue weighted by molar-refractivity contribution is 8.22. The normalized spacial score (nSPS) is 16.4. The first-order valence-corrected chi connectivity index (χ1v) is 15.6. The van der Waals surface area contributed by atoms with Crippen LogP contribution in [0.25, 0.3) is 10.9 Å². The zero-order valence-electron chi connectivity index (χ0n) is 23.3. The van der Waals surface area contributed by atoms with Gasteiger partial charge in [0.05, 0.1) is 25.8 Å². The molecule has 2 saturated heterocycles. The van der Waals surface area contributed by atoms with Crippen molar-refractivity contribution in [2.24, 2.45) is 0 Å². The van der Waals surface area contributed by atoms with Gasteiger partial charge in [-0.1, -0.05) is 54.7 Å². The Morgan fingerprint density at radius 1 is 0.950 bits per heavy atom. The molecule has 8 nitrogen and oxygen atoms in total. The van der Waals surface area contributed by atoms with Gasteiger partial charge in [-0.15, -0.1) is 0 Å². The Labute approximate surface area is 246 Å². The number of benzene rings is 2. The molecule has 3 heterocycles. The Morgan fingerprint density at radius 3 is 2.42 bits per heavy atom. The minimum Gasteiger partial charge on any atom is -0.493 e. The van der Waals surface area contributed by atoms with Gasteiger partial charge in [0, 0.05) is 49.9 Å². The lowest BCUT2D eigenvalue weighted by atomic mass is 10.1. The van der Waals surface area contributed by atoms with E-state index in [9.17, 15) is 5.11 Å². The molecule has 2 aromatic carbocycles. The molecule has 214 valence electrons. The lowest BCUT2D eigenvalue weighted by molar-refractivity contribution is 0.203. The number of aliphatic hydroxyl groups excluding tert-OH is 1. The largest absolute Gasteiger partial charge is 0.493 e. The van der Waals surface area contributed by atoms with Crippen LogP contribution < -0.4 is 14.4 Å². The standard InChI is InChI=1S/C30H39N5O3S2/c1-37-27-18-25-26(19-28(27)38-17-5-12-33-10-3-2-4-11-33)31-22-32-29(25)34-13-15-35(16-14-34)30(39)40-21-24-8-6-23(20-36)7-9-24/h6-9,18-19,22,36H,2-5,10-17,20-21H2,1H3. The minimum atomic E-state index is 0.0679. The number of rotatable bonds is 10. The number of hydrogen-bond donors (Lipinski definition) is 1. The van der Waals surface area contributed by atoms with Crippen molar-refractivity contribution in [1.82, 2.24) is 19.8 Å². The Balaban J connectivity index is 1.16. The SMILES string of the molecule is COc1cc2c(N3CCN(C(=S)SCc4ccc(CO)cc4)CC3)ncnc2cc1OCCCN1CCCCC1. The van der Waals surface area contributed by atoms with Gasteiger partial charge in [0.1, 0.15) is 16.5 Å². The molecule has 40 heavy (non-hydrogen) atoms. The molecule has 2 fully saturated rings. The average molecular weight is 582 g/mol. The Hall–Kier alpha value is -2.66. The van der Waals surface area contributed by atoms with Gasteiger partial charge < -0.3 is 29.3 Å². The molecular formula is C30H39N5O3S2. The van der Waals surface area contributed by atoms with E-state index in [0.29, 0.717) is 12.4 Å². The molecule has 5 rings (SSSR count). The smallest absolute Gasteiger partial charge is 0.163 e. The highest BCUT2D eigenvalue weighted by atomic mass is 32.2. The second-order valence-electron chi connectivity index (χ2n) is 10.3. The number of thioether (sulfide) groups is 1. The van der Waals surface area contributed by atoms with Crippen molar-refractivity contribution in [2.45, 2.75) is 38.0 Å². The van der Waals surface area contributed by atoms with Gasteiger partial charge in [-0.2, -0.15) is 0 Å². The minimum absolute atomic E-state index is 0.0679. The van der Waals surface area contributed by atoms with Crippen molar-refractivity contribution in [3.63, 3.8) is 0 Å². The summed E-state index contributed by atoms with van der Waals surface area (Å²) >= 11 is 7.44. The summed E-state index contributed by atoms with van der Waals surface area (Å²) in [6.07, 6.45) is 6.61. The second-order valence-corrected chi connectivity index (χ2v) is 11.9. The number of hydrogen-bond acceptors (Lipinski definition) is 9. The van der Waals surface area contributed by atoms with Crippen LogP contribution in [0, 0.1) is 0 Å². The summed E-state index contributed by atoms with van der Waals surface area (Å²) in [5, 5.41) is 10.2. The van der Waals surface area contributed by atoms with E-state index in [-0.39, 0.29) is 6.61 Å². The number of piperidine rings is 1. The number of ether oxygens (including phenoxy) is 2. The van der Waals surface area contributed by atoms with E-state index in [1.54, 1.807) is 25.2 Å². The quantitative estimate of drug-likeness (QED) is 0.268. The number of nitrogens with zero attached hydrogens (tertiary/aromatic N) is 5. The van der Waals surface area contributed by atoms with Crippen LogP contribution in [-0.2, 0) is 12.4 Å². The van der Waals surface area contributed by atoms with Crippen LogP contribution in [0.1, 0.15) is 36.8 Å².